The van der Waals surface area contributed by atoms with Gasteiger partial charge in [0.05, 0.1) is 12.6 Å². The Kier molecular flexibility index (Phi) is 4.61. The van der Waals surface area contributed by atoms with Crippen molar-refractivity contribution in [3.8, 4) is 0 Å². The second-order valence-electron chi connectivity index (χ2n) is 4.29. The van der Waals surface area contributed by atoms with E-state index in [1.54, 1.807) is 4.90 Å². The van der Waals surface area contributed by atoms with E-state index >= 15 is 0 Å². The van der Waals surface area contributed by atoms with Crippen LogP contribution in [0.5, 0.6) is 0 Å². The van der Waals surface area contributed by atoms with Crippen LogP contribution in [0.25, 0.3) is 0 Å². The van der Waals surface area contributed by atoms with E-state index in [4.69, 9.17) is 11.6 Å². The van der Waals surface area contributed by atoms with Crippen molar-refractivity contribution in [1.29, 1.82) is 0 Å². The van der Waals surface area contributed by atoms with E-state index in [-0.39, 0.29) is 11.9 Å². The Balaban J connectivity index is 2.54. The molecule has 0 aromatic rings. The number of hydrogen-bond acceptors (Lipinski definition) is 2. The SMILES string of the molecule is C=C(Cl)CN1CCCC(NC(C)C)C1=O. The summed E-state index contributed by atoms with van der Waals surface area (Å²) in [5.41, 5.74) is 0. The third-order valence-corrected chi connectivity index (χ3v) is 2.55. The second kappa shape index (κ2) is 5.52. The van der Waals surface area contributed by atoms with Crippen LogP contribution in [0.4, 0.5) is 0 Å². The molecule has 1 N–H and O–H groups in total. The Morgan fingerprint density at radius 2 is 2.40 bits per heavy atom. The first-order chi connectivity index (χ1) is 7.00. The first-order valence-electron chi connectivity index (χ1n) is 5.39. The molecule has 0 aliphatic carbocycles. The van der Waals surface area contributed by atoms with E-state index in [0.29, 0.717) is 17.6 Å². The Hall–Kier alpha value is -0.540. The van der Waals surface area contributed by atoms with Gasteiger partial charge in [0.15, 0.2) is 0 Å². The van der Waals surface area contributed by atoms with Crippen LogP contribution >= 0.6 is 11.6 Å². The molecule has 1 unspecified atom stereocenters. The number of rotatable bonds is 4. The van der Waals surface area contributed by atoms with Gasteiger partial charge in [0, 0.05) is 17.6 Å². The molecule has 0 saturated carbocycles. The minimum atomic E-state index is -0.0465. The largest absolute Gasteiger partial charge is 0.336 e. The molecule has 1 aliphatic heterocycles. The van der Waals surface area contributed by atoms with Gasteiger partial charge in [-0.25, -0.2) is 0 Å². The summed E-state index contributed by atoms with van der Waals surface area (Å²) in [5.74, 6) is 0.150. The van der Waals surface area contributed by atoms with Gasteiger partial charge >= 0.3 is 0 Å². The number of halogens is 1. The van der Waals surface area contributed by atoms with Crippen LogP contribution in [0, 0.1) is 0 Å². The maximum Gasteiger partial charge on any atom is 0.240 e. The quantitative estimate of drug-likeness (QED) is 0.798. The standard InChI is InChI=1S/C11H19ClN2O/c1-8(2)13-10-5-4-6-14(11(10)15)7-9(3)12/h8,10,13H,3-7H2,1-2H3. The van der Waals surface area contributed by atoms with Crippen LogP contribution in [0.15, 0.2) is 11.6 Å². The molecular weight excluding hydrogens is 212 g/mol. The molecule has 0 spiro atoms. The fraction of sp³-hybridized carbons (Fsp3) is 0.727. The smallest absolute Gasteiger partial charge is 0.240 e. The van der Waals surface area contributed by atoms with Gasteiger partial charge < -0.3 is 10.2 Å². The minimum Gasteiger partial charge on any atom is -0.336 e. The molecule has 1 saturated heterocycles. The fourth-order valence-corrected chi connectivity index (χ4v) is 2.01. The third kappa shape index (κ3) is 3.84. The Bertz CT molecular complexity index is 253. The van der Waals surface area contributed by atoms with Gasteiger partial charge in [0.25, 0.3) is 0 Å². The van der Waals surface area contributed by atoms with Crippen molar-refractivity contribution in [2.24, 2.45) is 0 Å². The zero-order valence-corrected chi connectivity index (χ0v) is 10.2. The first kappa shape index (κ1) is 12.5. The average molecular weight is 231 g/mol. The molecular formula is C11H19ClN2O. The highest BCUT2D eigenvalue weighted by Gasteiger charge is 2.28. The number of likely N-dealkylation sites (tertiary alicyclic amines) is 1. The third-order valence-electron chi connectivity index (χ3n) is 2.43. The van der Waals surface area contributed by atoms with E-state index < -0.39 is 0 Å². The monoisotopic (exact) mass is 230 g/mol. The van der Waals surface area contributed by atoms with Crippen LogP contribution < -0.4 is 5.32 Å². The van der Waals surface area contributed by atoms with Gasteiger partial charge in [-0.15, -0.1) is 0 Å². The van der Waals surface area contributed by atoms with Crippen LogP contribution in [-0.4, -0.2) is 36.0 Å². The van der Waals surface area contributed by atoms with Crippen LogP contribution in [0.2, 0.25) is 0 Å². The highest BCUT2D eigenvalue weighted by molar-refractivity contribution is 6.29. The number of nitrogens with zero attached hydrogens (tertiary/aromatic N) is 1. The maximum atomic E-state index is 12.0. The van der Waals surface area contributed by atoms with Gasteiger partial charge in [-0.1, -0.05) is 32.0 Å². The van der Waals surface area contributed by atoms with E-state index in [9.17, 15) is 4.79 Å². The zero-order chi connectivity index (χ0) is 11.4. The van der Waals surface area contributed by atoms with E-state index in [2.05, 4.69) is 11.9 Å². The van der Waals surface area contributed by atoms with Crippen molar-refractivity contribution in [2.45, 2.75) is 38.8 Å². The first-order valence-corrected chi connectivity index (χ1v) is 5.76. The van der Waals surface area contributed by atoms with Gasteiger partial charge in [0.2, 0.25) is 5.91 Å². The Labute approximate surface area is 96.5 Å². The molecule has 0 bridgehead atoms. The molecule has 1 aliphatic rings. The molecule has 1 heterocycles. The Morgan fingerprint density at radius 3 is 2.93 bits per heavy atom. The lowest BCUT2D eigenvalue weighted by molar-refractivity contribution is -0.135. The summed E-state index contributed by atoms with van der Waals surface area (Å²) >= 11 is 5.72. The van der Waals surface area contributed by atoms with Crippen molar-refractivity contribution >= 4 is 17.5 Å². The maximum absolute atomic E-state index is 12.0. The second-order valence-corrected chi connectivity index (χ2v) is 4.83. The highest BCUT2D eigenvalue weighted by atomic mass is 35.5. The molecule has 1 atom stereocenters. The molecule has 1 amide bonds. The van der Waals surface area contributed by atoms with E-state index in [1.165, 1.54) is 0 Å². The van der Waals surface area contributed by atoms with Crippen LogP contribution in [0.3, 0.4) is 0 Å². The highest BCUT2D eigenvalue weighted by Crippen LogP contribution is 2.14. The van der Waals surface area contributed by atoms with Crippen LogP contribution in [-0.2, 0) is 4.79 Å². The summed E-state index contributed by atoms with van der Waals surface area (Å²) in [4.78, 5) is 13.7. The molecule has 0 aromatic carbocycles. The average Bonchev–Trinajstić information content (AvgIpc) is 2.10. The summed E-state index contributed by atoms with van der Waals surface area (Å²) < 4.78 is 0. The van der Waals surface area contributed by atoms with Crippen LogP contribution in [0.1, 0.15) is 26.7 Å². The number of nitrogens with one attached hydrogen (secondary N) is 1. The molecule has 1 rings (SSSR count). The van der Waals surface area contributed by atoms with Crippen molar-refractivity contribution < 1.29 is 4.79 Å². The topological polar surface area (TPSA) is 32.3 Å². The number of piperidine rings is 1. The normalized spacial score (nSPS) is 22.3. The molecule has 3 nitrogen and oxygen atoms in total. The zero-order valence-electron chi connectivity index (χ0n) is 9.42. The predicted octanol–water partition coefficient (Wildman–Crippen LogP) is 1.73. The van der Waals surface area contributed by atoms with Gasteiger partial charge in [-0.05, 0) is 12.8 Å². The minimum absolute atomic E-state index is 0.0465. The number of amides is 1. The van der Waals surface area contributed by atoms with Crippen molar-refractivity contribution in [1.82, 2.24) is 10.2 Å². The summed E-state index contributed by atoms with van der Waals surface area (Å²) in [5, 5.41) is 3.79. The number of hydrogen-bond donors (Lipinski definition) is 1. The van der Waals surface area contributed by atoms with E-state index in [1.807, 2.05) is 13.8 Å². The van der Waals surface area contributed by atoms with Gasteiger partial charge in [0.1, 0.15) is 0 Å². The number of carbonyl (C=O) groups is 1. The van der Waals surface area contributed by atoms with Crippen molar-refractivity contribution in [2.75, 3.05) is 13.1 Å². The molecule has 86 valence electrons. The summed E-state index contributed by atoms with van der Waals surface area (Å²) in [7, 11) is 0. The summed E-state index contributed by atoms with van der Waals surface area (Å²) in [6, 6.07) is 0.285. The van der Waals surface area contributed by atoms with Crippen molar-refractivity contribution in [3.63, 3.8) is 0 Å². The van der Waals surface area contributed by atoms with Gasteiger partial charge in [-0.2, -0.15) is 0 Å². The molecule has 15 heavy (non-hydrogen) atoms. The summed E-state index contributed by atoms with van der Waals surface area (Å²) in [6.45, 7) is 8.98. The lowest BCUT2D eigenvalue weighted by atomic mass is 10.0. The predicted molar refractivity (Wildman–Crippen MR) is 62.9 cm³/mol. The molecule has 4 heteroatoms. The lowest BCUT2D eigenvalue weighted by Gasteiger charge is -2.33. The van der Waals surface area contributed by atoms with E-state index in [0.717, 1.165) is 19.4 Å². The fourth-order valence-electron chi connectivity index (χ4n) is 1.86. The Morgan fingerprint density at radius 1 is 1.73 bits per heavy atom. The van der Waals surface area contributed by atoms with Crippen molar-refractivity contribution in [3.05, 3.63) is 11.6 Å². The lowest BCUT2D eigenvalue weighted by Crippen LogP contribution is -2.52. The number of carbonyl (C=O) groups excluding carboxylic acids is 1. The molecule has 0 radical (unpaired) electrons. The molecule has 0 aromatic heterocycles. The summed E-state index contributed by atoms with van der Waals surface area (Å²) in [6.07, 6.45) is 1.95. The van der Waals surface area contributed by atoms with Gasteiger partial charge in [-0.3, -0.25) is 4.79 Å². The molecule has 1 fully saturated rings.